The van der Waals surface area contributed by atoms with Gasteiger partial charge >= 0.3 is 0 Å². The summed E-state index contributed by atoms with van der Waals surface area (Å²) in [5, 5.41) is 43.3. The Hall–Kier alpha value is -5.16. The van der Waals surface area contributed by atoms with Crippen molar-refractivity contribution in [3.05, 3.63) is 167 Å². The summed E-state index contributed by atoms with van der Waals surface area (Å²) in [6, 6.07) is 50.9. The van der Waals surface area contributed by atoms with Crippen molar-refractivity contribution >= 4 is 0 Å². The van der Waals surface area contributed by atoms with Gasteiger partial charge in [0.25, 0.3) is 0 Å². The van der Waals surface area contributed by atoms with Gasteiger partial charge in [-0.15, -0.1) is 0 Å². The molecule has 0 saturated carbocycles. The quantitative estimate of drug-likeness (QED) is 0.0165. The normalized spacial score (nSPS) is 11.9. The number of nitrogens with one attached hydrogen (secondary N) is 12. The van der Waals surface area contributed by atoms with Crippen LogP contribution in [0.4, 0.5) is 0 Å². The Kier molecular flexibility index (Phi) is 50.2. The molecular weight excluding hydrogens is 1310 g/mol. The molecule has 0 fully saturated rings. The third kappa shape index (κ3) is 42.2. The highest BCUT2D eigenvalue weighted by atomic mass is 15.0. The van der Waals surface area contributed by atoms with Crippen LogP contribution in [0, 0.1) is 23.7 Å². The number of hydrogen-bond donors (Lipinski definition) is 12. The van der Waals surface area contributed by atoms with Gasteiger partial charge in [0, 0.05) is 39.3 Å². The Morgan fingerprint density at radius 2 is 0.514 bits per heavy atom. The predicted molar refractivity (Wildman–Crippen MR) is 473 cm³/mol. The molecule has 0 saturated heterocycles. The minimum absolute atomic E-state index is 0. The molecule has 600 valence electrons. The molecule has 0 amide bonds. The maximum Gasteiger partial charge on any atom is 0.0205 e. The largest absolute Gasteiger partial charge is 0.317 e. The Balaban J connectivity index is 0.000000448. The average molecular weight is 1470 g/mol. The van der Waals surface area contributed by atoms with Gasteiger partial charge in [-0.25, -0.2) is 0 Å². The lowest BCUT2D eigenvalue weighted by molar-refractivity contribution is 0.445. The van der Waals surface area contributed by atoms with Crippen LogP contribution in [-0.4, -0.2) is 144 Å². The van der Waals surface area contributed by atoms with Gasteiger partial charge in [0.05, 0.1) is 0 Å². The van der Waals surface area contributed by atoms with E-state index in [1.807, 2.05) is 0 Å². The minimum atomic E-state index is 0. The fraction of sp³-hybridized carbons (Fsp3) is 0.621. The van der Waals surface area contributed by atoms with Gasteiger partial charge in [0.1, 0.15) is 0 Å². The van der Waals surface area contributed by atoms with Crippen LogP contribution in [0.1, 0.15) is 215 Å². The van der Waals surface area contributed by atoms with Crippen molar-refractivity contribution in [3.63, 3.8) is 0 Å². The monoisotopic (exact) mass is 1470 g/mol. The SMILES string of the molecule is C.CC(C)CCNCCCNCCCNCc1cccc(-c2cc(-c3cccc(CCNCCNCCCNCCC(C)C)c3)cc(C(C)(C)C)c2)c1.CCC(CC)CNCCCNCCCNCc1cccc(-c2cc(-c3cccc(CCNCCNCCCNCC(CC)CC)c3)cc(C(C)(C)C)c2)c1. The maximum atomic E-state index is 3.68. The van der Waals surface area contributed by atoms with Gasteiger partial charge in [-0.05, 0) is 319 Å². The molecule has 6 aromatic rings. The molecule has 0 heterocycles. The number of benzene rings is 6. The lowest BCUT2D eigenvalue weighted by atomic mass is 9.83. The van der Waals surface area contributed by atoms with Crippen LogP contribution in [-0.2, 0) is 36.8 Å². The molecule has 0 radical (unpaired) electrons. The first-order valence-electron chi connectivity index (χ1n) is 42.6. The molecule has 12 N–H and O–H groups in total. The summed E-state index contributed by atoms with van der Waals surface area (Å²) in [6.45, 7) is 57.5. The Bertz CT molecular complexity index is 2980. The second-order valence-corrected chi connectivity index (χ2v) is 33.0. The van der Waals surface area contributed by atoms with E-state index in [1.165, 1.54) is 142 Å². The van der Waals surface area contributed by atoms with E-state index in [9.17, 15) is 0 Å². The molecule has 0 aromatic heterocycles. The second-order valence-electron chi connectivity index (χ2n) is 33.0. The Labute approximate surface area is 657 Å². The number of hydrogen-bond acceptors (Lipinski definition) is 12. The van der Waals surface area contributed by atoms with Gasteiger partial charge < -0.3 is 63.8 Å². The van der Waals surface area contributed by atoms with E-state index in [0.29, 0.717) is 0 Å². The van der Waals surface area contributed by atoms with Crippen molar-refractivity contribution in [1.29, 1.82) is 0 Å². The highest BCUT2D eigenvalue weighted by Crippen LogP contribution is 2.36. The van der Waals surface area contributed by atoms with E-state index in [4.69, 9.17) is 0 Å². The standard InChI is InChI=1S/C48H80N6.C46H76N6.CH4/c1-8-39(9-2)36-52-25-14-22-49-23-15-27-54-38-42-18-13-20-44(32-42)46-33-45(34-47(35-46)48(5,6)7)43-19-12-17-41(31-43)21-28-51-30-29-50-24-16-26-53-37-40(10-3)11-4;1-37(2)17-26-48-22-10-20-47-21-12-25-52-36-40-14-9-16-42(32-40)44-33-43(34-45(35-44)46(5,6)7)41-15-8-13-39(31-41)19-28-51-30-29-50-24-11-23-49-27-18-38(3)4;/h12-13,17-20,31-35,39-40,49-54H,8-11,14-16,21-30,36-38H2,1-7H3;8-9,13-16,31-35,37-38,47-52H,10-12,17-30,36H2,1-7H3;1H4. The molecule has 0 atom stereocenters. The lowest BCUT2D eigenvalue weighted by Gasteiger charge is -2.22. The van der Waals surface area contributed by atoms with E-state index < -0.39 is 0 Å². The Morgan fingerprint density at radius 1 is 0.262 bits per heavy atom. The van der Waals surface area contributed by atoms with Crippen LogP contribution < -0.4 is 63.8 Å². The average Bonchev–Trinajstić information content (AvgIpc) is 0.802. The van der Waals surface area contributed by atoms with Crippen molar-refractivity contribution in [3.8, 4) is 44.5 Å². The molecule has 12 nitrogen and oxygen atoms in total. The van der Waals surface area contributed by atoms with Gasteiger partial charge in [-0.1, -0.05) is 239 Å². The van der Waals surface area contributed by atoms with Crippen LogP contribution in [0.3, 0.4) is 0 Å². The molecule has 12 heteroatoms. The molecular formula is C95H160N12. The predicted octanol–water partition coefficient (Wildman–Crippen LogP) is 17.7. The van der Waals surface area contributed by atoms with E-state index in [0.717, 1.165) is 206 Å². The van der Waals surface area contributed by atoms with E-state index in [1.54, 1.807) is 0 Å². The third-order valence-corrected chi connectivity index (χ3v) is 20.7. The smallest absolute Gasteiger partial charge is 0.0205 e. The van der Waals surface area contributed by atoms with Crippen LogP contribution in [0.2, 0.25) is 0 Å². The van der Waals surface area contributed by atoms with E-state index in [2.05, 4.69) is 294 Å². The first-order chi connectivity index (χ1) is 51.4. The molecule has 0 unspecified atom stereocenters. The van der Waals surface area contributed by atoms with Crippen molar-refractivity contribution in [2.24, 2.45) is 23.7 Å². The molecule has 0 spiro atoms. The summed E-state index contributed by atoms with van der Waals surface area (Å²) in [4.78, 5) is 0. The van der Waals surface area contributed by atoms with Crippen LogP contribution in [0.15, 0.2) is 133 Å². The molecule has 0 bridgehead atoms. The number of rotatable bonds is 58. The second kappa shape index (κ2) is 57.0. The fourth-order valence-electron chi connectivity index (χ4n) is 13.2. The van der Waals surface area contributed by atoms with Gasteiger partial charge in [-0.3, -0.25) is 0 Å². The summed E-state index contributed by atoms with van der Waals surface area (Å²) < 4.78 is 0. The van der Waals surface area contributed by atoms with Crippen LogP contribution in [0.5, 0.6) is 0 Å². The van der Waals surface area contributed by atoms with Crippen molar-refractivity contribution in [2.75, 3.05) is 144 Å². The lowest BCUT2D eigenvalue weighted by Crippen LogP contribution is -2.31. The molecule has 6 rings (SSSR count). The van der Waals surface area contributed by atoms with Crippen molar-refractivity contribution in [1.82, 2.24) is 63.8 Å². The van der Waals surface area contributed by atoms with Gasteiger partial charge in [-0.2, -0.15) is 0 Å². The van der Waals surface area contributed by atoms with Crippen LogP contribution >= 0.6 is 0 Å². The zero-order valence-corrected chi connectivity index (χ0v) is 69.9. The molecule has 0 aliphatic carbocycles. The van der Waals surface area contributed by atoms with Gasteiger partial charge in [0.15, 0.2) is 0 Å². The molecule has 107 heavy (non-hydrogen) atoms. The highest BCUT2D eigenvalue weighted by molar-refractivity contribution is 5.77. The summed E-state index contributed by atoms with van der Waals surface area (Å²) in [5.74, 6) is 3.20. The van der Waals surface area contributed by atoms with Crippen molar-refractivity contribution in [2.45, 2.75) is 218 Å². The summed E-state index contributed by atoms with van der Waals surface area (Å²) in [6.07, 6.45) is 16.7. The minimum Gasteiger partial charge on any atom is -0.317 e. The zero-order chi connectivity index (χ0) is 76.3. The van der Waals surface area contributed by atoms with Crippen molar-refractivity contribution < 1.29 is 0 Å². The van der Waals surface area contributed by atoms with Crippen LogP contribution in [0.25, 0.3) is 44.5 Å². The topological polar surface area (TPSA) is 144 Å². The maximum absolute atomic E-state index is 3.68. The molecule has 0 aliphatic heterocycles. The first kappa shape index (κ1) is 94.2. The fourth-order valence-corrected chi connectivity index (χ4v) is 13.2. The van der Waals surface area contributed by atoms with E-state index >= 15 is 0 Å². The molecule has 6 aromatic carbocycles. The zero-order valence-electron chi connectivity index (χ0n) is 69.9. The van der Waals surface area contributed by atoms with Gasteiger partial charge in [0.2, 0.25) is 0 Å². The summed E-state index contributed by atoms with van der Waals surface area (Å²) in [5.41, 5.74) is 18.6. The highest BCUT2D eigenvalue weighted by Gasteiger charge is 2.19. The third-order valence-electron chi connectivity index (χ3n) is 20.7. The Morgan fingerprint density at radius 3 is 0.804 bits per heavy atom. The van der Waals surface area contributed by atoms with E-state index in [-0.39, 0.29) is 18.3 Å². The first-order valence-corrected chi connectivity index (χ1v) is 42.6. The summed E-state index contributed by atoms with van der Waals surface area (Å²) >= 11 is 0. The summed E-state index contributed by atoms with van der Waals surface area (Å²) in [7, 11) is 0. The molecule has 0 aliphatic rings.